The minimum Gasteiger partial charge on any atom is -0.314 e. The van der Waals surface area contributed by atoms with Crippen molar-refractivity contribution in [1.29, 1.82) is 0 Å². The van der Waals surface area contributed by atoms with Gasteiger partial charge in [-0.2, -0.15) is 13.2 Å². The average molecular weight is 285 g/mol. The molecule has 1 saturated carbocycles. The van der Waals surface area contributed by atoms with Crippen molar-refractivity contribution in [3.8, 4) is 0 Å². The number of hydrogen-bond donors (Lipinski definition) is 1. The van der Waals surface area contributed by atoms with Crippen LogP contribution in [0.1, 0.15) is 37.8 Å². The largest absolute Gasteiger partial charge is 0.416 e. The van der Waals surface area contributed by atoms with E-state index in [-0.39, 0.29) is 0 Å². The minimum atomic E-state index is -4.24. The predicted octanol–water partition coefficient (Wildman–Crippen LogP) is 4.27. The van der Waals surface area contributed by atoms with E-state index in [0.29, 0.717) is 17.9 Å². The van der Waals surface area contributed by atoms with Gasteiger partial charge in [0, 0.05) is 6.04 Å². The van der Waals surface area contributed by atoms with E-state index in [9.17, 15) is 13.2 Å². The molecule has 0 aliphatic heterocycles. The van der Waals surface area contributed by atoms with E-state index in [4.69, 9.17) is 0 Å². The van der Waals surface area contributed by atoms with Crippen LogP contribution in [0.4, 0.5) is 13.2 Å². The lowest BCUT2D eigenvalue weighted by atomic mass is 9.70. The smallest absolute Gasteiger partial charge is 0.314 e. The number of benzene rings is 1. The summed E-state index contributed by atoms with van der Waals surface area (Å²) in [5.41, 5.74) is 0.269. The zero-order chi connectivity index (χ0) is 14.8. The number of rotatable bonds is 5. The molecule has 2 rings (SSSR count). The van der Waals surface area contributed by atoms with Gasteiger partial charge in [0.05, 0.1) is 5.56 Å². The fourth-order valence-corrected chi connectivity index (χ4v) is 2.74. The molecule has 4 heteroatoms. The van der Waals surface area contributed by atoms with Crippen molar-refractivity contribution >= 4 is 0 Å². The van der Waals surface area contributed by atoms with E-state index >= 15 is 0 Å². The molecular formula is C16H22F3N. The van der Waals surface area contributed by atoms with Crippen LogP contribution in [-0.4, -0.2) is 12.6 Å². The number of alkyl halides is 3. The molecule has 0 saturated heterocycles. The summed E-state index contributed by atoms with van der Waals surface area (Å²) in [6.45, 7) is 5.20. The lowest BCUT2D eigenvalue weighted by Gasteiger charge is -2.37. The molecule has 0 aromatic heterocycles. The molecule has 1 nitrogen and oxygen atoms in total. The Morgan fingerprint density at radius 2 is 1.90 bits per heavy atom. The molecule has 2 atom stereocenters. The van der Waals surface area contributed by atoms with Crippen molar-refractivity contribution < 1.29 is 13.2 Å². The van der Waals surface area contributed by atoms with Crippen molar-refractivity contribution in [3.05, 3.63) is 35.4 Å². The van der Waals surface area contributed by atoms with Crippen LogP contribution in [0.25, 0.3) is 0 Å². The Kier molecular flexibility index (Phi) is 4.74. The van der Waals surface area contributed by atoms with Gasteiger partial charge in [-0.15, -0.1) is 0 Å². The van der Waals surface area contributed by atoms with Gasteiger partial charge in [0.2, 0.25) is 0 Å². The first-order chi connectivity index (χ1) is 9.36. The Bertz CT molecular complexity index is 440. The van der Waals surface area contributed by atoms with Crippen LogP contribution in [0, 0.1) is 11.8 Å². The molecule has 1 aliphatic carbocycles. The van der Waals surface area contributed by atoms with Crippen LogP contribution in [-0.2, 0) is 12.6 Å². The molecule has 112 valence electrons. The van der Waals surface area contributed by atoms with Gasteiger partial charge in [0.1, 0.15) is 0 Å². The second-order valence-electron chi connectivity index (χ2n) is 6.06. The highest BCUT2D eigenvalue weighted by molar-refractivity contribution is 5.26. The number of hydrogen-bond acceptors (Lipinski definition) is 1. The monoisotopic (exact) mass is 285 g/mol. The van der Waals surface area contributed by atoms with Crippen molar-refractivity contribution in [3.63, 3.8) is 0 Å². The van der Waals surface area contributed by atoms with E-state index < -0.39 is 11.7 Å². The molecule has 1 N–H and O–H groups in total. The quantitative estimate of drug-likeness (QED) is 0.852. The van der Waals surface area contributed by atoms with Gasteiger partial charge in [0.15, 0.2) is 0 Å². The summed E-state index contributed by atoms with van der Waals surface area (Å²) < 4.78 is 38.0. The summed E-state index contributed by atoms with van der Waals surface area (Å²) in [5, 5.41) is 3.42. The van der Waals surface area contributed by atoms with Gasteiger partial charge in [0.25, 0.3) is 0 Å². The predicted molar refractivity (Wildman–Crippen MR) is 74.5 cm³/mol. The molecule has 0 bridgehead atoms. The Balaban J connectivity index is 1.93. The van der Waals surface area contributed by atoms with Crippen molar-refractivity contribution in [2.45, 2.75) is 45.3 Å². The van der Waals surface area contributed by atoms with Crippen LogP contribution >= 0.6 is 0 Å². The highest BCUT2D eigenvalue weighted by Gasteiger charge is 2.33. The van der Waals surface area contributed by atoms with Crippen LogP contribution in [0.2, 0.25) is 0 Å². The van der Waals surface area contributed by atoms with E-state index in [2.05, 4.69) is 19.2 Å². The van der Waals surface area contributed by atoms with Crippen LogP contribution in [0.3, 0.4) is 0 Å². The van der Waals surface area contributed by atoms with Crippen LogP contribution in [0.5, 0.6) is 0 Å². The fourth-order valence-electron chi connectivity index (χ4n) is 2.74. The van der Waals surface area contributed by atoms with Gasteiger partial charge in [-0.05, 0) is 49.3 Å². The Labute approximate surface area is 118 Å². The first-order valence-electron chi connectivity index (χ1n) is 7.26. The standard InChI is InChI=1S/C16H22F3N/c1-11(2)20-10-14-7-6-13(14)8-12-4-3-5-15(9-12)16(17,18)19/h3-5,9,11,13-14,20H,6-8,10H2,1-2H3. The second-order valence-corrected chi connectivity index (χ2v) is 6.06. The van der Waals surface area contributed by atoms with Gasteiger partial charge in [-0.3, -0.25) is 0 Å². The second kappa shape index (κ2) is 6.17. The highest BCUT2D eigenvalue weighted by Crippen LogP contribution is 2.37. The van der Waals surface area contributed by atoms with Crippen LogP contribution in [0.15, 0.2) is 24.3 Å². The van der Waals surface area contributed by atoms with Gasteiger partial charge in [-0.25, -0.2) is 0 Å². The van der Waals surface area contributed by atoms with Crippen molar-refractivity contribution in [2.75, 3.05) is 6.54 Å². The highest BCUT2D eigenvalue weighted by atomic mass is 19.4. The molecule has 1 aliphatic rings. The third-order valence-corrected chi connectivity index (χ3v) is 4.12. The van der Waals surface area contributed by atoms with Gasteiger partial charge < -0.3 is 5.32 Å². The maximum Gasteiger partial charge on any atom is 0.416 e. The molecule has 0 heterocycles. The summed E-state index contributed by atoms with van der Waals surface area (Å²) in [5.74, 6) is 1.12. The van der Waals surface area contributed by atoms with E-state index in [1.807, 2.05) is 0 Å². The molecule has 1 fully saturated rings. The summed E-state index contributed by atoms with van der Waals surface area (Å²) in [6, 6.07) is 6.22. The lowest BCUT2D eigenvalue weighted by Crippen LogP contribution is -2.38. The van der Waals surface area contributed by atoms with E-state index in [1.54, 1.807) is 6.07 Å². The van der Waals surface area contributed by atoms with Gasteiger partial charge in [-0.1, -0.05) is 32.0 Å². The normalized spacial score (nSPS) is 22.9. The van der Waals surface area contributed by atoms with E-state index in [0.717, 1.165) is 31.0 Å². The van der Waals surface area contributed by atoms with Crippen molar-refractivity contribution in [1.82, 2.24) is 5.32 Å². The molecule has 0 amide bonds. The third-order valence-electron chi connectivity index (χ3n) is 4.12. The lowest BCUT2D eigenvalue weighted by molar-refractivity contribution is -0.137. The Hall–Kier alpha value is -1.03. The van der Waals surface area contributed by atoms with Crippen LogP contribution < -0.4 is 5.32 Å². The molecular weight excluding hydrogens is 263 g/mol. The van der Waals surface area contributed by atoms with E-state index in [1.165, 1.54) is 18.6 Å². The number of halogens is 3. The zero-order valence-electron chi connectivity index (χ0n) is 12.0. The average Bonchev–Trinajstić information content (AvgIpc) is 2.34. The molecule has 2 unspecified atom stereocenters. The maximum absolute atomic E-state index is 12.7. The Morgan fingerprint density at radius 1 is 1.20 bits per heavy atom. The summed E-state index contributed by atoms with van der Waals surface area (Å²) in [6.07, 6.45) is -1.17. The van der Waals surface area contributed by atoms with Crippen molar-refractivity contribution in [2.24, 2.45) is 11.8 Å². The molecule has 1 aromatic rings. The third kappa shape index (κ3) is 3.98. The first-order valence-corrected chi connectivity index (χ1v) is 7.26. The van der Waals surface area contributed by atoms with Gasteiger partial charge >= 0.3 is 6.18 Å². The fraction of sp³-hybridized carbons (Fsp3) is 0.625. The number of nitrogens with one attached hydrogen (secondary N) is 1. The topological polar surface area (TPSA) is 12.0 Å². The summed E-state index contributed by atoms with van der Waals surface area (Å²) >= 11 is 0. The minimum absolute atomic E-state index is 0.463. The molecule has 0 spiro atoms. The Morgan fingerprint density at radius 3 is 2.45 bits per heavy atom. The zero-order valence-corrected chi connectivity index (χ0v) is 12.0. The summed E-state index contributed by atoms with van der Waals surface area (Å²) in [4.78, 5) is 0. The molecule has 1 aromatic carbocycles. The summed E-state index contributed by atoms with van der Waals surface area (Å²) in [7, 11) is 0. The maximum atomic E-state index is 12.7. The molecule has 20 heavy (non-hydrogen) atoms. The molecule has 0 radical (unpaired) electrons. The SMILES string of the molecule is CC(C)NCC1CCC1Cc1cccc(C(F)(F)F)c1. The first kappa shape index (κ1) is 15.4.